The second-order valence-corrected chi connectivity index (χ2v) is 5.47. The molecule has 2 heterocycles. The van der Waals surface area contributed by atoms with E-state index in [2.05, 4.69) is 15.7 Å². The Morgan fingerprint density at radius 3 is 3.09 bits per heavy atom. The summed E-state index contributed by atoms with van der Waals surface area (Å²) in [5.41, 5.74) is 1.10. The Balaban J connectivity index is 1.39. The van der Waals surface area contributed by atoms with Gasteiger partial charge in [-0.3, -0.25) is 4.68 Å². The van der Waals surface area contributed by atoms with Gasteiger partial charge in [-0.05, 0) is 37.1 Å². The van der Waals surface area contributed by atoms with Crippen molar-refractivity contribution in [2.45, 2.75) is 25.9 Å². The van der Waals surface area contributed by atoms with Crippen LogP contribution in [-0.4, -0.2) is 35.2 Å². The molecule has 7 heteroatoms. The summed E-state index contributed by atoms with van der Waals surface area (Å²) in [6.07, 6.45) is 4.32. The molecule has 122 valence electrons. The summed E-state index contributed by atoms with van der Waals surface area (Å²) >= 11 is 0. The molecule has 23 heavy (non-hydrogen) atoms. The highest BCUT2D eigenvalue weighted by molar-refractivity contribution is 5.74. The van der Waals surface area contributed by atoms with E-state index in [0.717, 1.165) is 23.5 Å². The van der Waals surface area contributed by atoms with E-state index >= 15 is 0 Å². The van der Waals surface area contributed by atoms with Crippen LogP contribution < -0.4 is 20.1 Å². The second-order valence-electron chi connectivity index (χ2n) is 5.47. The molecule has 1 aliphatic rings. The maximum Gasteiger partial charge on any atom is 0.315 e. The number of urea groups is 1. The van der Waals surface area contributed by atoms with Crippen LogP contribution >= 0.6 is 0 Å². The topological polar surface area (TPSA) is 77.4 Å². The minimum Gasteiger partial charge on any atom is -0.454 e. The van der Waals surface area contributed by atoms with Gasteiger partial charge in [-0.1, -0.05) is 6.07 Å². The van der Waals surface area contributed by atoms with E-state index < -0.39 is 0 Å². The van der Waals surface area contributed by atoms with Crippen LogP contribution in [0.3, 0.4) is 0 Å². The van der Waals surface area contributed by atoms with Gasteiger partial charge in [0.15, 0.2) is 11.5 Å². The molecule has 1 aliphatic heterocycles. The first-order valence-electron chi connectivity index (χ1n) is 7.61. The van der Waals surface area contributed by atoms with Gasteiger partial charge < -0.3 is 20.1 Å². The highest BCUT2D eigenvalue weighted by Gasteiger charge is 2.13. The van der Waals surface area contributed by atoms with Crippen molar-refractivity contribution in [2.24, 2.45) is 0 Å². The van der Waals surface area contributed by atoms with Crippen molar-refractivity contribution in [3.63, 3.8) is 0 Å². The van der Waals surface area contributed by atoms with Gasteiger partial charge in [0.1, 0.15) is 0 Å². The Bertz CT molecular complexity index is 657. The number of hydrogen-bond donors (Lipinski definition) is 2. The van der Waals surface area contributed by atoms with Crippen molar-refractivity contribution in [1.82, 2.24) is 20.4 Å². The summed E-state index contributed by atoms with van der Waals surface area (Å²) in [7, 11) is 0. The zero-order valence-electron chi connectivity index (χ0n) is 13.0. The number of carbonyl (C=O) groups excluding carboxylic acids is 1. The van der Waals surface area contributed by atoms with Crippen molar-refractivity contribution in [2.75, 3.05) is 13.3 Å². The van der Waals surface area contributed by atoms with E-state index in [-0.39, 0.29) is 18.9 Å². The lowest BCUT2D eigenvalue weighted by Crippen LogP contribution is -2.43. The van der Waals surface area contributed by atoms with Gasteiger partial charge in [-0.25, -0.2) is 4.79 Å². The Hall–Kier alpha value is -2.70. The molecule has 2 N–H and O–H groups in total. The van der Waals surface area contributed by atoms with Crippen LogP contribution in [0.5, 0.6) is 11.5 Å². The van der Waals surface area contributed by atoms with Gasteiger partial charge in [0, 0.05) is 25.0 Å². The highest BCUT2D eigenvalue weighted by atomic mass is 16.7. The average molecular weight is 316 g/mol. The predicted octanol–water partition coefficient (Wildman–Crippen LogP) is 1.54. The second kappa shape index (κ2) is 7.04. The molecule has 0 aliphatic carbocycles. The molecule has 0 bridgehead atoms. The fourth-order valence-corrected chi connectivity index (χ4v) is 2.43. The Morgan fingerprint density at radius 2 is 2.26 bits per heavy atom. The minimum atomic E-state index is -0.176. The van der Waals surface area contributed by atoms with Crippen LogP contribution in [0.4, 0.5) is 4.79 Å². The van der Waals surface area contributed by atoms with Gasteiger partial charge in [0.25, 0.3) is 0 Å². The summed E-state index contributed by atoms with van der Waals surface area (Å²) < 4.78 is 12.4. The number of amides is 2. The van der Waals surface area contributed by atoms with Gasteiger partial charge in [-0.15, -0.1) is 0 Å². The lowest BCUT2D eigenvalue weighted by Gasteiger charge is -2.14. The zero-order chi connectivity index (χ0) is 16.1. The molecule has 7 nitrogen and oxygen atoms in total. The first-order valence-corrected chi connectivity index (χ1v) is 7.61. The van der Waals surface area contributed by atoms with Crippen LogP contribution in [0.2, 0.25) is 0 Å². The summed E-state index contributed by atoms with van der Waals surface area (Å²) in [6, 6.07) is 7.50. The van der Waals surface area contributed by atoms with Gasteiger partial charge >= 0.3 is 6.03 Å². The molecular weight excluding hydrogens is 296 g/mol. The monoisotopic (exact) mass is 316 g/mol. The van der Waals surface area contributed by atoms with Crippen molar-refractivity contribution in [3.8, 4) is 11.5 Å². The van der Waals surface area contributed by atoms with Gasteiger partial charge in [-0.2, -0.15) is 5.10 Å². The summed E-state index contributed by atoms with van der Waals surface area (Å²) in [6.45, 7) is 3.41. The fourth-order valence-electron chi connectivity index (χ4n) is 2.43. The SMILES string of the molecule is CC(Cn1cccn1)NC(=O)NCCc1ccc2c(c1)OCO2. The standard InChI is InChI=1S/C16H20N4O3/c1-12(10-20-8-2-6-18-20)19-16(21)17-7-5-13-3-4-14-15(9-13)23-11-22-14/h2-4,6,8-9,12H,5,7,10-11H2,1H3,(H2,17,19,21). The third-order valence-electron chi connectivity index (χ3n) is 3.53. The van der Waals surface area contributed by atoms with Crippen LogP contribution in [0.25, 0.3) is 0 Å². The number of fused-ring (bicyclic) bond motifs is 1. The van der Waals surface area contributed by atoms with E-state index in [0.29, 0.717) is 13.1 Å². The molecule has 1 aromatic heterocycles. The maximum atomic E-state index is 11.9. The molecule has 0 saturated carbocycles. The summed E-state index contributed by atoms with van der Waals surface area (Å²) in [4.78, 5) is 11.9. The van der Waals surface area contributed by atoms with E-state index in [4.69, 9.17) is 9.47 Å². The molecule has 0 fully saturated rings. The quantitative estimate of drug-likeness (QED) is 0.847. The molecule has 1 unspecified atom stereocenters. The van der Waals surface area contributed by atoms with Gasteiger partial charge in [0.2, 0.25) is 6.79 Å². The molecule has 1 atom stereocenters. The molecule has 0 spiro atoms. The number of benzene rings is 1. The Labute approximate surface area is 134 Å². The maximum absolute atomic E-state index is 11.9. The van der Waals surface area contributed by atoms with E-state index in [1.165, 1.54) is 0 Å². The van der Waals surface area contributed by atoms with Crippen molar-refractivity contribution < 1.29 is 14.3 Å². The summed E-state index contributed by atoms with van der Waals surface area (Å²) in [5, 5.41) is 9.86. The van der Waals surface area contributed by atoms with Crippen LogP contribution in [0.1, 0.15) is 12.5 Å². The van der Waals surface area contributed by atoms with Crippen molar-refractivity contribution in [1.29, 1.82) is 0 Å². The molecule has 1 aromatic carbocycles. The molecular formula is C16H20N4O3. The number of nitrogens with zero attached hydrogens (tertiary/aromatic N) is 2. The Morgan fingerprint density at radius 1 is 1.39 bits per heavy atom. The molecule has 0 saturated heterocycles. The minimum absolute atomic E-state index is 0.000410. The van der Waals surface area contributed by atoms with Crippen molar-refractivity contribution in [3.05, 3.63) is 42.2 Å². The Kier molecular flexibility index (Phi) is 4.65. The first kappa shape index (κ1) is 15.2. The third-order valence-corrected chi connectivity index (χ3v) is 3.53. The van der Waals surface area contributed by atoms with E-state index in [9.17, 15) is 4.79 Å². The van der Waals surface area contributed by atoms with Crippen LogP contribution in [0.15, 0.2) is 36.7 Å². The lowest BCUT2D eigenvalue weighted by atomic mass is 10.1. The first-order chi connectivity index (χ1) is 11.2. The lowest BCUT2D eigenvalue weighted by molar-refractivity contribution is 0.174. The molecule has 2 aromatic rings. The van der Waals surface area contributed by atoms with Crippen LogP contribution in [-0.2, 0) is 13.0 Å². The summed E-state index contributed by atoms with van der Waals surface area (Å²) in [5.74, 6) is 1.53. The van der Waals surface area contributed by atoms with Crippen LogP contribution in [0, 0.1) is 0 Å². The van der Waals surface area contributed by atoms with E-state index in [1.807, 2.05) is 37.4 Å². The normalized spacial score (nSPS) is 13.6. The third kappa shape index (κ3) is 4.15. The van der Waals surface area contributed by atoms with Gasteiger partial charge in [0.05, 0.1) is 6.54 Å². The molecule has 0 radical (unpaired) electrons. The zero-order valence-corrected chi connectivity index (χ0v) is 13.0. The van der Waals surface area contributed by atoms with E-state index in [1.54, 1.807) is 10.9 Å². The largest absolute Gasteiger partial charge is 0.454 e. The fraction of sp³-hybridized carbons (Fsp3) is 0.375. The number of ether oxygens (including phenoxy) is 2. The van der Waals surface area contributed by atoms with Crippen molar-refractivity contribution >= 4 is 6.03 Å². The number of carbonyl (C=O) groups is 1. The highest BCUT2D eigenvalue weighted by Crippen LogP contribution is 2.32. The number of hydrogen-bond acceptors (Lipinski definition) is 4. The molecule has 2 amide bonds. The predicted molar refractivity (Wildman–Crippen MR) is 84.5 cm³/mol. The molecule has 3 rings (SSSR count). The number of rotatable bonds is 6. The number of nitrogens with one attached hydrogen (secondary N) is 2. The smallest absolute Gasteiger partial charge is 0.315 e. The average Bonchev–Trinajstić information content (AvgIpc) is 3.17. The number of aromatic nitrogens is 2.